The fraction of sp³-hybridized carbons (Fsp3) is 0.769. The predicted molar refractivity (Wildman–Crippen MR) is 69.3 cm³/mol. The lowest BCUT2D eigenvalue weighted by molar-refractivity contribution is -0.156. The standard InChI is InChI=1S/C13H17F3N4O/c1-2-3-5-12(18-19-12)6-4-11(21)17-10-7-20(8-10)9-13(14,15)16/h1,10H,3-9H2,(H,17,21). The van der Waals surface area contributed by atoms with Gasteiger partial charge in [-0.2, -0.15) is 23.4 Å². The third kappa shape index (κ3) is 5.01. The second kappa shape index (κ2) is 6.02. The molecule has 8 heteroatoms. The van der Waals surface area contributed by atoms with E-state index in [9.17, 15) is 18.0 Å². The molecule has 0 aromatic rings. The number of likely N-dealkylation sites (tertiary alicyclic amines) is 1. The summed E-state index contributed by atoms with van der Waals surface area (Å²) in [5.74, 6) is 2.33. The molecule has 2 aliphatic rings. The Kier molecular flexibility index (Phi) is 4.52. The highest BCUT2D eigenvalue weighted by atomic mass is 19.4. The van der Waals surface area contributed by atoms with E-state index in [0.29, 0.717) is 19.3 Å². The van der Waals surface area contributed by atoms with E-state index in [4.69, 9.17) is 6.42 Å². The van der Waals surface area contributed by atoms with Crippen molar-refractivity contribution < 1.29 is 18.0 Å². The Morgan fingerprint density at radius 1 is 1.38 bits per heavy atom. The number of hydrogen-bond acceptors (Lipinski definition) is 4. The van der Waals surface area contributed by atoms with Crippen LogP contribution in [0.2, 0.25) is 0 Å². The fourth-order valence-electron chi connectivity index (χ4n) is 2.33. The molecule has 0 unspecified atom stereocenters. The van der Waals surface area contributed by atoms with Crippen molar-refractivity contribution in [2.45, 2.75) is 43.6 Å². The molecule has 1 amide bonds. The number of carbonyl (C=O) groups excluding carboxylic acids is 1. The number of nitrogens with one attached hydrogen (secondary N) is 1. The molecule has 1 N–H and O–H groups in total. The van der Waals surface area contributed by atoms with Gasteiger partial charge in [0.1, 0.15) is 0 Å². The van der Waals surface area contributed by atoms with Crippen molar-refractivity contribution in [2.24, 2.45) is 10.2 Å². The summed E-state index contributed by atoms with van der Waals surface area (Å²) in [6, 6.07) is -0.199. The zero-order valence-electron chi connectivity index (χ0n) is 11.5. The van der Waals surface area contributed by atoms with Gasteiger partial charge in [0.15, 0.2) is 5.66 Å². The van der Waals surface area contributed by atoms with Crippen LogP contribution in [0.1, 0.15) is 25.7 Å². The number of hydrogen-bond donors (Lipinski definition) is 1. The van der Waals surface area contributed by atoms with Crippen LogP contribution in [0.4, 0.5) is 13.2 Å². The summed E-state index contributed by atoms with van der Waals surface area (Å²) in [4.78, 5) is 13.0. The van der Waals surface area contributed by atoms with Crippen molar-refractivity contribution >= 4 is 5.91 Å². The Balaban J connectivity index is 1.58. The van der Waals surface area contributed by atoms with E-state index in [0.717, 1.165) is 0 Å². The molecule has 0 atom stereocenters. The van der Waals surface area contributed by atoms with E-state index < -0.39 is 18.4 Å². The molecule has 21 heavy (non-hydrogen) atoms. The van der Waals surface area contributed by atoms with Gasteiger partial charge >= 0.3 is 6.18 Å². The highest BCUT2D eigenvalue weighted by molar-refractivity contribution is 5.76. The SMILES string of the molecule is C#CCCC1(CCC(=O)NC2CN(CC(F)(F)F)C2)N=N1. The first-order valence-electron chi connectivity index (χ1n) is 6.78. The second-order valence-electron chi connectivity index (χ2n) is 5.46. The summed E-state index contributed by atoms with van der Waals surface area (Å²) in [6.45, 7) is -0.448. The van der Waals surface area contributed by atoms with Crippen LogP contribution < -0.4 is 5.32 Å². The first kappa shape index (κ1) is 15.8. The van der Waals surface area contributed by atoms with E-state index in [1.807, 2.05) is 0 Å². The number of carbonyl (C=O) groups is 1. The summed E-state index contributed by atoms with van der Waals surface area (Å²) in [6.07, 6.45) is 2.94. The van der Waals surface area contributed by atoms with Gasteiger partial charge in [-0.15, -0.1) is 12.3 Å². The van der Waals surface area contributed by atoms with Gasteiger partial charge in [-0.3, -0.25) is 9.69 Å². The summed E-state index contributed by atoms with van der Waals surface area (Å²) in [5.41, 5.74) is -0.494. The summed E-state index contributed by atoms with van der Waals surface area (Å²) >= 11 is 0. The van der Waals surface area contributed by atoms with Crippen LogP contribution in [0.15, 0.2) is 10.2 Å². The number of halogens is 3. The molecule has 1 saturated heterocycles. The second-order valence-corrected chi connectivity index (χ2v) is 5.46. The Hall–Kier alpha value is -1.62. The molecule has 2 heterocycles. The van der Waals surface area contributed by atoms with Crippen LogP contribution in [0.5, 0.6) is 0 Å². The van der Waals surface area contributed by atoms with Gasteiger partial charge in [0.25, 0.3) is 0 Å². The van der Waals surface area contributed by atoms with Crippen molar-refractivity contribution in [3.63, 3.8) is 0 Å². The van der Waals surface area contributed by atoms with Gasteiger partial charge in [0.05, 0.1) is 12.6 Å². The van der Waals surface area contributed by atoms with E-state index in [1.165, 1.54) is 4.90 Å². The minimum atomic E-state index is -4.19. The number of amides is 1. The molecule has 0 radical (unpaired) electrons. The minimum Gasteiger partial charge on any atom is -0.351 e. The van der Waals surface area contributed by atoms with Crippen molar-refractivity contribution in [1.82, 2.24) is 10.2 Å². The topological polar surface area (TPSA) is 57.1 Å². The average Bonchev–Trinajstić information content (AvgIpc) is 3.10. The quantitative estimate of drug-likeness (QED) is 0.728. The number of alkyl halides is 3. The lowest BCUT2D eigenvalue weighted by Gasteiger charge is -2.39. The molecule has 0 spiro atoms. The van der Waals surface area contributed by atoms with Gasteiger partial charge in [0, 0.05) is 38.8 Å². The summed E-state index contributed by atoms with van der Waals surface area (Å²) < 4.78 is 36.3. The third-order valence-corrected chi connectivity index (χ3v) is 3.53. The Morgan fingerprint density at radius 3 is 2.57 bits per heavy atom. The van der Waals surface area contributed by atoms with Crippen LogP contribution in [0.25, 0.3) is 0 Å². The monoisotopic (exact) mass is 302 g/mol. The number of terminal acetylenes is 1. The maximum Gasteiger partial charge on any atom is 0.401 e. The minimum absolute atomic E-state index is 0.177. The molecule has 0 aliphatic carbocycles. The molecule has 2 aliphatic heterocycles. The molecule has 0 bridgehead atoms. The van der Waals surface area contributed by atoms with Crippen molar-refractivity contribution in [1.29, 1.82) is 0 Å². The highest BCUT2D eigenvalue weighted by Crippen LogP contribution is 2.37. The summed E-state index contributed by atoms with van der Waals surface area (Å²) in [5, 5.41) is 10.6. The molecule has 1 fully saturated rings. The molecule has 5 nitrogen and oxygen atoms in total. The van der Waals surface area contributed by atoms with E-state index >= 15 is 0 Å². The molecular weight excluding hydrogens is 285 g/mol. The van der Waals surface area contributed by atoms with Crippen molar-refractivity contribution in [3.8, 4) is 12.3 Å². The molecule has 0 aromatic heterocycles. The smallest absolute Gasteiger partial charge is 0.351 e. The first-order chi connectivity index (χ1) is 9.82. The van der Waals surface area contributed by atoms with Crippen LogP contribution in [0, 0.1) is 12.3 Å². The van der Waals surface area contributed by atoms with E-state index in [-0.39, 0.29) is 31.5 Å². The average molecular weight is 302 g/mol. The van der Waals surface area contributed by atoms with Crippen LogP contribution >= 0.6 is 0 Å². The van der Waals surface area contributed by atoms with Gasteiger partial charge in [-0.25, -0.2) is 0 Å². The van der Waals surface area contributed by atoms with Crippen LogP contribution in [-0.2, 0) is 4.79 Å². The molecule has 116 valence electrons. The normalized spacial score (nSPS) is 20.7. The van der Waals surface area contributed by atoms with Crippen LogP contribution in [0.3, 0.4) is 0 Å². The van der Waals surface area contributed by atoms with Crippen LogP contribution in [-0.4, -0.2) is 48.3 Å². The zero-order valence-corrected chi connectivity index (χ0v) is 11.5. The maximum atomic E-state index is 12.1. The van der Waals surface area contributed by atoms with Crippen molar-refractivity contribution in [2.75, 3.05) is 19.6 Å². The number of nitrogens with zero attached hydrogens (tertiary/aromatic N) is 3. The Labute approximate surface area is 121 Å². The van der Waals surface area contributed by atoms with Crippen molar-refractivity contribution in [3.05, 3.63) is 0 Å². The van der Waals surface area contributed by atoms with E-state index in [2.05, 4.69) is 21.5 Å². The highest BCUT2D eigenvalue weighted by Gasteiger charge is 2.40. The first-order valence-corrected chi connectivity index (χ1v) is 6.78. The van der Waals surface area contributed by atoms with Gasteiger partial charge in [-0.05, 0) is 0 Å². The molecule has 0 saturated carbocycles. The predicted octanol–water partition coefficient (Wildman–Crippen LogP) is 1.70. The van der Waals surface area contributed by atoms with Gasteiger partial charge in [0.2, 0.25) is 5.91 Å². The maximum absolute atomic E-state index is 12.1. The Morgan fingerprint density at radius 2 is 2.05 bits per heavy atom. The largest absolute Gasteiger partial charge is 0.401 e. The molecular formula is C13H17F3N4O. The molecule has 0 aromatic carbocycles. The third-order valence-electron chi connectivity index (χ3n) is 3.53. The molecule has 2 rings (SSSR count). The summed E-state index contributed by atoms with van der Waals surface area (Å²) in [7, 11) is 0. The van der Waals surface area contributed by atoms with E-state index in [1.54, 1.807) is 0 Å². The zero-order chi connectivity index (χ0) is 15.5. The van der Waals surface area contributed by atoms with Gasteiger partial charge in [-0.1, -0.05) is 0 Å². The Bertz CT molecular complexity index is 457. The van der Waals surface area contributed by atoms with Gasteiger partial charge < -0.3 is 5.32 Å². The lowest BCUT2D eigenvalue weighted by Crippen LogP contribution is -2.60. The fourth-order valence-corrected chi connectivity index (χ4v) is 2.33. The lowest BCUT2D eigenvalue weighted by atomic mass is 10.0. The number of rotatable bonds is 7.